The van der Waals surface area contributed by atoms with Crippen molar-refractivity contribution in [1.29, 1.82) is 0 Å². The van der Waals surface area contributed by atoms with Crippen molar-refractivity contribution < 1.29 is 0 Å². The van der Waals surface area contributed by atoms with E-state index >= 15 is 0 Å². The molecule has 0 spiro atoms. The smallest absolute Gasteiger partial charge is 0.0342 e. The minimum absolute atomic E-state index is 0.565. The van der Waals surface area contributed by atoms with E-state index in [4.69, 9.17) is 0 Å². The molecule has 1 heteroatoms. The number of benzene rings is 1. The van der Waals surface area contributed by atoms with Gasteiger partial charge in [-0.25, -0.2) is 0 Å². The number of allylic oxidation sites excluding steroid dienone is 1. The summed E-state index contributed by atoms with van der Waals surface area (Å²) in [5.41, 5.74) is 1.21. The summed E-state index contributed by atoms with van der Waals surface area (Å²) >= 11 is 0. The van der Waals surface area contributed by atoms with E-state index in [1.165, 1.54) is 5.69 Å². The third-order valence-corrected chi connectivity index (χ3v) is 2.36. The van der Waals surface area contributed by atoms with Crippen LogP contribution in [0, 0.1) is 0 Å². The summed E-state index contributed by atoms with van der Waals surface area (Å²) in [6.45, 7) is 5.96. The highest BCUT2D eigenvalue weighted by molar-refractivity contribution is 5.43. The minimum atomic E-state index is 0.565. The van der Waals surface area contributed by atoms with Crippen molar-refractivity contribution in [2.24, 2.45) is 0 Å². The van der Waals surface area contributed by atoms with Gasteiger partial charge in [-0.05, 0) is 31.4 Å². The Morgan fingerprint density at radius 2 is 2.07 bits per heavy atom. The van der Waals surface area contributed by atoms with Crippen LogP contribution in [-0.2, 0) is 0 Å². The molecule has 0 bridgehead atoms. The molecule has 0 saturated heterocycles. The van der Waals surface area contributed by atoms with Crippen molar-refractivity contribution in [3.8, 4) is 0 Å². The summed E-state index contributed by atoms with van der Waals surface area (Å²) in [6, 6.07) is 10.9. The first-order valence-corrected chi connectivity index (χ1v) is 5.29. The number of hydrogen-bond donors (Lipinski definition) is 1. The van der Waals surface area contributed by atoms with Crippen LogP contribution in [-0.4, -0.2) is 6.04 Å². The van der Waals surface area contributed by atoms with Crippen molar-refractivity contribution in [2.75, 3.05) is 5.32 Å². The molecule has 0 aliphatic heterocycles. The lowest BCUT2D eigenvalue weighted by molar-refractivity contribution is 0.642. The number of rotatable bonds is 6. The van der Waals surface area contributed by atoms with Gasteiger partial charge in [0.1, 0.15) is 0 Å². The first-order valence-electron chi connectivity index (χ1n) is 5.29. The maximum atomic E-state index is 3.75. The van der Waals surface area contributed by atoms with E-state index < -0.39 is 0 Å². The average molecular weight is 189 g/mol. The average Bonchev–Trinajstić information content (AvgIpc) is 2.25. The molecular weight excluding hydrogens is 170 g/mol. The Kier molecular flexibility index (Phi) is 4.84. The van der Waals surface area contributed by atoms with Gasteiger partial charge in [0.15, 0.2) is 0 Å². The lowest BCUT2D eigenvalue weighted by Crippen LogP contribution is -2.17. The molecule has 0 saturated carbocycles. The standard InChI is InChI=1S/C13H19N/c1-3-5-9-12(4-2)14-13-10-7-6-8-11-13/h3,6-8,10-12,14H,1,4-5,9H2,2H3. The summed E-state index contributed by atoms with van der Waals surface area (Å²) in [5.74, 6) is 0. The lowest BCUT2D eigenvalue weighted by atomic mass is 10.1. The molecular formula is C13H19N. The van der Waals surface area contributed by atoms with Crippen LogP contribution in [0.4, 0.5) is 5.69 Å². The molecule has 14 heavy (non-hydrogen) atoms. The summed E-state index contributed by atoms with van der Waals surface area (Å²) < 4.78 is 0. The molecule has 76 valence electrons. The van der Waals surface area contributed by atoms with Crippen LogP contribution < -0.4 is 5.32 Å². The highest BCUT2D eigenvalue weighted by Gasteiger charge is 2.03. The molecule has 0 heterocycles. The van der Waals surface area contributed by atoms with Gasteiger partial charge in [-0.2, -0.15) is 0 Å². The van der Waals surface area contributed by atoms with E-state index in [9.17, 15) is 0 Å². The summed E-state index contributed by atoms with van der Waals surface area (Å²) in [6.07, 6.45) is 5.38. The topological polar surface area (TPSA) is 12.0 Å². The number of para-hydroxylation sites is 1. The highest BCUT2D eigenvalue weighted by Crippen LogP contribution is 2.12. The molecule has 1 rings (SSSR count). The third-order valence-electron chi connectivity index (χ3n) is 2.36. The maximum Gasteiger partial charge on any atom is 0.0342 e. The molecule has 1 aromatic rings. The second-order valence-electron chi connectivity index (χ2n) is 3.48. The second kappa shape index (κ2) is 6.25. The van der Waals surface area contributed by atoms with E-state index in [2.05, 4.69) is 43.1 Å². The Balaban J connectivity index is 2.44. The molecule has 0 fully saturated rings. The molecule has 0 aromatic heterocycles. The zero-order chi connectivity index (χ0) is 10.2. The SMILES string of the molecule is C=CCCC(CC)Nc1ccccc1. The summed E-state index contributed by atoms with van der Waals surface area (Å²) in [4.78, 5) is 0. The van der Waals surface area contributed by atoms with Crippen molar-refractivity contribution in [3.05, 3.63) is 43.0 Å². The number of anilines is 1. The third kappa shape index (κ3) is 3.65. The zero-order valence-electron chi connectivity index (χ0n) is 8.87. The predicted molar refractivity (Wildman–Crippen MR) is 63.6 cm³/mol. The van der Waals surface area contributed by atoms with Crippen molar-refractivity contribution >= 4 is 5.69 Å². The van der Waals surface area contributed by atoms with Gasteiger partial charge in [0.25, 0.3) is 0 Å². The zero-order valence-corrected chi connectivity index (χ0v) is 8.87. The van der Waals surface area contributed by atoms with Crippen molar-refractivity contribution in [2.45, 2.75) is 32.2 Å². The van der Waals surface area contributed by atoms with Crippen LogP contribution in [0.3, 0.4) is 0 Å². The van der Waals surface area contributed by atoms with Crippen LogP contribution in [0.2, 0.25) is 0 Å². The van der Waals surface area contributed by atoms with Gasteiger partial charge in [-0.1, -0.05) is 31.2 Å². The number of hydrogen-bond acceptors (Lipinski definition) is 1. The van der Waals surface area contributed by atoms with Crippen LogP contribution in [0.1, 0.15) is 26.2 Å². The van der Waals surface area contributed by atoms with Gasteiger partial charge >= 0.3 is 0 Å². The largest absolute Gasteiger partial charge is 0.382 e. The van der Waals surface area contributed by atoms with Crippen molar-refractivity contribution in [1.82, 2.24) is 0 Å². The number of nitrogens with one attached hydrogen (secondary N) is 1. The van der Waals surface area contributed by atoms with Crippen molar-refractivity contribution in [3.63, 3.8) is 0 Å². The van der Waals surface area contributed by atoms with Crippen LogP contribution >= 0.6 is 0 Å². The van der Waals surface area contributed by atoms with Crippen LogP contribution in [0.15, 0.2) is 43.0 Å². The van der Waals surface area contributed by atoms with Gasteiger partial charge in [0, 0.05) is 11.7 Å². The monoisotopic (exact) mass is 189 g/mol. The fourth-order valence-electron chi connectivity index (χ4n) is 1.47. The Morgan fingerprint density at radius 3 is 2.64 bits per heavy atom. The summed E-state index contributed by atoms with van der Waals surface area (Å²) in [5, 5.41) is 3.52. The molecule has 1 unspecified atom stereocenters. The highest BCUT2D eigenvalue weighted by atomic mass is 14.9. The molecule has 1 atom stereocenters. The van der Waals surface area contributed by atoms with Gasteiger partial charge < -0.3 is 5.32 Å². The Labute approximate surface area is 86.8 Å². The normalized spacial score (nSPS) is 12.1. The van der Waals surface area contributed by atoms with Gasteiger partial charge in [-0.15, -0.1) is 6.58 Å². The second-order valence-corrected chi connectivity index (χ2v) is 3.48. The van der Waals surface area contributed by atoms with Crippen LogP contribution in [0.25, 0.3) is 0 Å². The Hall–Kier alpha value is -1.24. The Bertz CT molecular complexity index is 253. The van der Waals surface area contributed by atoms with E-state index in [-0.39, 0.29) is 0 Å². The molecule has 1 nitrogen and oxygen atoms in total. The molecule has 0 amide bonds. The van der Waals surface area contributed by atoms with E-state index in [0.717, 1.165) is 19.3 Å². The summed E-state index contributed by atoms with van der Waals surface area (Å²) in [7, 11) is 0. The molecule has 0 radical (unpaired) electrons. The molecule has 1 N–H and O–H groups in total. The molecule has 0 aliphatic rings. The van der Waals surface area contributed by atoms with Gasteiger partial charge in [0.2, 0.25) is 0 Å². The maximum absolute atomic E-state index is 3.75. The molecule has 1 aromatic carbocycles. The van der Waals surface area contributed by atoms with Crippen LogP contribution in [0.5, 0.6) is 0 Å². The van der Waals surface area contributed by atoms with E-state index in [0.29, 0.717) is 6.04 Å². The lowest BCUT2D eigenvalue weighted by Gasteiger charge is -2.17. The molecule has 0 aliphatic carbocycles. The van der Waals surface area contributed by atoms with Gasteiger partial charge in [0.05, 0.1) is 0 Å². The predicted octanol–water partition coefficient (Wildman–Crippen LogP) is 3.84. The quantitative estimate of drug-likeness (QED) is 0.670. The first kappa shape index (κ1) is 10.8. The first-order chi connectivity index (χ1) is 6.86. The Morgan fingerprint density at radius 1 is 1.36 bits per heavy atom. The van der Waals surface area contributed by atoms with E-state index in [1.807, 2.05) is 12.1 Å². The fourth-order valence-corrected chi connectivity index (χ4v) is 1.47. The van der Waals surface area contributed by atoms with Gasteiger partial charge in [-0.3, -0.25) is 0 Å². The minimum Gasteiger partial charge on any atom is -0.382 e. The van der Waals surface area contributed by atoms with E-state index in [1.54, 1.807) is 0 Å². The fraction of sp³-hybridized carbons (Fsp3) is 0.385.